The normalized spacial score (nSPS) is 15.7. The van der Waals surface area contributed by atoms with E-state index in [9.17, 15) is 4.79 Å². The van der Waals surface area contributed by atoms with E-state index in [1.807, 2.05) is 23.1 Å². The number of hydrogen-bond acceptors (Lipinski definition) is 4. The van der Waals surface area contributed by atoms with Gasteiger partial charge in [0.05, 0.1) is 5.02 Å². The Balaban J connectivity index is 1.80. The molecule has 0 N–H and O–H groups in total. The molecule has 0 saturated carbocycles. The van der Waals surface area contributed by atoms with Gasteiger partial charge in [-0.2, -0.15) is 0 Å². The third kappa shape index (κ3) is 3.64. The maximum Gasteiger partial charge on any atom is 0.259 e. The van der Waals surface area contributed by atoms with Crippen LogP contribution in [0.1, 0.15) is 42.8 Å². The van der Waals surface area contributed by atoms with Gasteiger partial charge in [0, 0.05) is 24.7 Å². The van der Waals surface area contributed by atoms with Gasteiger partial charge in [-0.1, -0.05) is 48.8 Å². The van der Waals surface area contributed by atoms with Crippen LogP contribution in [0.5, 0.6) is 0 Å². The maximum atomic E-state index is 13.2. The van der Waals surface area contributed by atoms with E-state index in [1.54, 1.807) is 13.0 Å². The van der Waals surface area contributed by atoms with Crippen LogP contribution in [-0.4, -0.2) is 53.1 Å². The van der Waals surface area contributed by atoms with E-state index < -0.39 is 0 Å². The average Bonchev–Trinajstić information content (AvgIpc) is 3.04. The van der Waals surface area contributed by atoms with E-state index in [1.165, 1.54) is 0 Å². The zero-order chi connectivity index (χ0) is 18.7. The summed E-state index contributed by atoms with van der Waals surface area (Å²) < 4.78 is 5.35. The monoisotopic (exact) mass is 375 g/mol. The number of carbonyl (C=O) groups is 1. The second-order valence-corrected chi connectivity index (χ2v) is 7.09. The molecule has 1 aliphatic heterocycles. The van der Waals surface area contributed by atoms with Gasteiger partial charge in [0.15, 0.2) is 0 Å². The van der Waals surface area contributed by atoms with Gasteiger partial charge in [-0.15, -0.1) is 0 Å². The second kappa shape index (κ2) is 8.23. The fourth-order valence-corrected chi connectivity index (χ4v) is 4.02. The van der Waals surface area contributed by atoms with Crippen LogP contribution in [0.3, 0.4) is 0 Å². The van der Waals surface area contributed by atoms with Crippen molar-refractivity contribution in [3.05, 3.63) is 40.6 Å². The van der Waals surface area contributed by atoms with E-state index >= 15 is 0 Å². The number of carbonyl (C=O) groups excluding carboxylic acids is 1. The average molecular weight is 376 g/mol. The van der Waals surface area contributed by atoms with Gasteiger partial charge >= 0.3 is 0 Å². The summed E-state index contributed by atoms with van der Waals surface area (Å²) in [5, 5.41) is 4.68. The van der Waals surface area contributed by atoms with Gasteiger partial charge in [0.2, 0.25) is 0 Å². The molecule has 1 fully saturated rings. The highest BCUT2D eigenvalue weighted by atomic mass is 35.5. The number of nitrogens with zero attached hydrogens (tertiary/aromatic N) is 3. The molecule has 1 aromatic heterocycles. The molecule has 140 valence electrons. The van der Waals surface area contributed by atoms with E-state index in [4.69, 9.17) is 16.1 Å². The van der Waals surface area contributed by atoms with Crippen molar-refractivity contribution in [2.45, 2.75) is 39.7 Å². The Kier molecular flexibility index (Phi) is 5.99. The minimum atomic E-state index is -0.0170. The largest absolute Gasteiger partial charge is 0.360 e. The molecule has 1 aromatic carbocycles. The van der Waals surface area contributed by atoms with Crippen molar-refractivity contribution in [1.29, 1.82) is 0 Å². The van der Waals surface area contributed by atoms with Gasteiger partial charge in [-0.3, -0.25) is 4.79 Å². The number of piperidine rings is 1. The van der Waals surface area contributed by atoms with Crippen LogP contribution in [0.25, 0.3) is 11.3 Å². The minimum Gasteiger partial charge on any atom is -0.360 e. The summed E-state index contributed by atoms with van der Waals surface area (Å²) in [4.78, 5) is 17.6. The van der Waals surface area contributed by atoms with Gasteiger partial charge in [-0.05, 0) is 38.9 Å². The number of benzene rings is 1. The summed E-state index contributed by atoms with van der Waals surface area (Å²) in [5.74, 6) is 0.521. The molecule has 26 heavy (non-hydrogen) atoms. The topological polar surface area (TPSA) is 49.6 Å². The maximum absolute atomic E-state index is 13.2. The molecule has 2 heterocycles. The Hall–Kier alpha value is -1.85. The summed E-state index contributed by atoms with van der Waals surface area (Å²) in [7, 11) is 0. The Bertz CT molecular complexity index is 762. The number of halogens is 1. The van der Waals surface area contributed by atoms with Crippen LogP contribution in [0.2, 0.25) is 5.02 Å². The van der Waals surface area contributed by atoms with Crippen molar-refractivity contribution in [3.63, 3.8) is 0 Å². The molecule has 2 aromatic rings. The summed E-state index contributed by atoms with van der Waals surface area (Å²) >= 11 is 6.30. The Morgan fingerprint density at radius 3 is 2.54 bits per heavy atom. The molecular formula is C20H26ClN3O2. The van der Waals surface area contributed by atoms with Gasteiger partial charge in [-0.25, -0.2) is 0 Å². The number of likely N-dealkylation sites (tertiary alicyclic amines) is 1. The van der Waals surface area contributed by atoms with Crippen LogP contribution in [0.15, 0.2) is 28.8 Å². The number of hydrogen-bond donors (Lipinski definition) is 0. The summed E-state index contributed by atoms with van der Waals surface area (Å²) in [5.41, 5.74) is 1.79. The van der Waals surface area contributed by atoms with Gasteiger partial charge in [0.25, 0.3) is 5.91 Å². The fraction of sp³-hybridized carbons (Fsp3) is 0.500. The first-order valence-electron chi connectivity index (χ1n) is 9.31. The fourth-order valence-electron chi connectivity index (χ4n) is 3.79. The van der Waals surface area contributed by atoms with Gasteiger partial charge < -0.3 is 14.3 Å². The molecule has 0 atom stereocenters. The zero-order valence-corrected chi connectivity index (χ0v) is 16.4. The van der Waals surface area contributed by atoms with Crippen molar-refractivity contribution in [3.8, 4) is 11.3 Å². The van der Waals surface area contributed by atoms with E-state index in [0.29, 0.717) is 28.1 Å². The highest BCUT2D eigenvalue weighted by Gasteiger charge is 2.30. The molecule has 1 amide bonds. The number of aromatic nitrogens is 1. The molecule has 0 spiro atoms. The van der Waals surface area contributed by atoms with Crippen molar-refractivity contribution in [2.75, 3.05) is 26.2 Å². The number of rotatable bonds is 5. The zero-order valence-electron chi connectivity index (χ0n) is 15.7. The van der Waals surface area contributed by atoms with Crippen molar-refractivity contribution in [1.82, 2.24) is 15.0 Å². The lowest BCUT2D eigenvalue weighted by atomic mass is 10.0. The van der Waals surface area contributed by atoms with Crippen LogP contribution in [0, 0.1) is 6.92 Å². The third-order valence-corrected chi connectivity index (χ3v) is 5.62. The molecule has 0 bridgehead atoms. The smallest absolute Gasteiger partial charge is 0.259 e. The van der Waals surface area contributed by atoms with Crippen LogP contribution in [0.4, 0.5) is 0 Å². The van der Waals surface area contributed by atoms with E-state index in [2.05, 4.69) is 23.9 Å². The molecule has 1 saturated heterocycles. The van der Waals surface area contributed by atoms with E-state index in [-0.39, 0.29) is 5.91 Å². The van der Waals surface area contributed by atoms with E-state index in [0.717, 1.165) is 44.6 Å². The van der Waals surface area contributed by atoms with Crippen LogP contribution >= 0.6 is 11.6 Å². The lowest BCUT2D eigenvalue weighted by Crippen LogP contribution is -2.46. The second-order valence-electron chi connectivity index (χ2n) is 6.69. The molecule has 6 heteroatoms. The molecule has 0 aliphatic carbocycles. The molecule has 0 radical (unpaired) electrons. The first kappa shape index (κ1) is 18.9. The first-order valence-corrected chi connectivity index (χ1v) is 9.69. The van der Waals surface area contributed by atoms with Crippen LogP contribution in [-0.2, 0) is 0 Å². The Labute approximate surface area is 159 Å². The SMILES string of the molecule is CCN(CC)C1CCN(C(=O)c2c(-c3ccccc3Cl)noc2C)CC1. The first-order chi connectivity index (χ1) is 12.6. The summed E-state index contributed by atoms with van der Waals surface area (Å²) in [6.07, 6.45) is 2.00. The van der Waals surface area contributed by atoms with Crippen LogP contribution < -0.4 is 0 Å². The molecule has 3 rings (SSSR count). The quantitative estimate of drug-likeness (QED) is 0.783. The predicted molar refractivity (Wildman–Crippen MR) is 104 cm³/mol. The predicted octanol–water partition coefficient (Wildman–Crippen LogP) is 4.25. The lowest BCUT2D eigenvalue weighted by molar-refractivity contribution is 0.0630. The lowest BCUT2D eigenvalue weighted by Gasteiger charge is -2.37. The molecule has 1 aliphatic rings. The van der Waals surface area contributed by atoms with Gasteiger partial charge in [0.1, 0.15) is 17.0 Å². The molecule has 5 nitrogen and oxygen atoms in total. The van der Waals surface area contributed by atoms with Crippen molar-refractivity contribution in [2.24, 2.45) is 0 Å². The third-order valence-electron chi connectivity index (χ3n) is 5.29. The minimum absolute atomic E-state index is 0.0170. The van der Waals surface area contributed by atoms with Crippen molar-refractivity contribution >= 4 is 17.5 Å². The number of amides is 1. The Morgan fingerprint density at radius 2 is 1.92 bits per heavy atom. The molecule has 0 unspecified atom stereocenters. The Morgan fingerprint density at radius 1 is 1.27 bits per heavy atom. The standard InChI is InChI=1S/C20H26ClN3O2/c1-4-23(5-2)15-10-12-24(13-11-15)20(25)18-14(3)26-22-19(18)16-8-6-7-9-17(16)21/h6-9,15H,4-5,10-13H2,1-3H3. The summed E-state index contributed by atoms with van der Waals surface area (Å²) in [6.45, 7) is 9.78. The highest BCUT2D eigenvalue weighted by molar-refractivity contribution is 6.33. The number of aryl methyl sites for hydroxylation is 1. The molecular weight excluding hydrogens is 350 g/mol. The van der Waals surface area contributed by atoms with Crippen molar-refractivity contribution < 1.29 is 9.32 Å². The summed E-state index contributed by atoms with van der Waals surface area (Å²) in [6, 6.07) is 7.96. The highest BCUT2D eigenvalue weighted by Crippen LogP contribution is 2.32.